The molecule has 162 valence electrons. The van der Waals surface area contributed by atoms with Gasteiger partial charge in [-0.05, 0) is 51.1 Å². The maximum absolute atomic E-state index is 14.9. The highest BCUT2D eigenvalue weighted by Crippen LogP contribution is 2.57. The van der Waals surface area contributed by atoms with Gasteiger partial charge in [0.2, 0.25) is 0 Å². The first-order chi connectivity index (χ1) is 13.9. The van der Waals surface area contributed by atoms with Crippen LogP contribution in [0.3, 0.4) is 0 Å². The Morgan fingerprint density at radius 3 is 2.60 bits per heavy atom. The standard InChI is InChI=1S/C20H26FN5O3S/c1-19(2)18(22)25-20(3,12-26(4)30(19,28)29)14-11-13(8-9-15(14)21)24-17(27)16-7-5-6-10-23-16/h5-11,28-29H,12H2,1-4H3,(H2,22,25)(H,24,27)/t20-/m0/s1. The third-order valence-corrected chi connectivity index (χ3v) is 7.91. The van der Waals surface area contributed by atoms with Gasteiger partial charge in [0.1, 0.15) is 27.6 Å². The van der Waals surface area contributed by atoms with Crippen LogP contribution in [0.25, 0.3) is 0 Å². The number of hydrogen-bond acceptors (Lipinski definition) is 7. The molecule has 3 rings (SSSR count). The maximum atomic E-state index is 14.9. The highest BCUT2D eigenvalue weighted by Gasteiger charge is 2.48. The monoisotopic (exact) mass is 435 g/mol. The fourth-order valence-electron chi connectivity index (χ4n) is 3.34. The maximum Gasteiger partial charge on any atom is 0.274 e. The van der Waals surface area contributed by atoms with Crippen molar-refractivity contribution in [3.63, 3.8) is 0 Å². The molecule has 5 N–H and O–H groups in total. The molecule has 1 aromatic heterocycles. The highest BCUT2D eigenvalue weighted by atomic mass is 32.3. The summed E-state index contributed by atoms with van der Waals surface area (Å²) in [6, 6.07) is 9.11. The summed E-state index contributed by atoms with van der Waals surface area (Å²) < 4.78 is 36.4. The molecular weight excluding hydrogens is 409 g/mol. The van der Waals surface area contributed by atoms with Crippen LogP contribution in [0.4, 0.5) is 10.1 Å². The molecule has 1 aliphatic heterocycles. The summed E-state index contributed by atoms with van der Waals surface area (Å²) in [7, 11) is -1.77. The molecule has 10 heteroatoms. The Morgan fingerprint density at radius 1 is 1.27 bits per heavy atom. The summed E-state index contributed by atoms with van der Waals surface area (Å²) in [6.07, 6.45) is 1.50. The Bertz CT molecular complexity index is 999. The molecule has 2 heterocycles. The van der Waals surface area contributed by atoms with Crippen LogP contribution in [0.5, 0.6) is 0 Å². The Kier molecular flexibility index (Phi) is 5.63. The fourth-order valence-corrected chi connectivity index (χ4v) is 4.88. The van der Waals surface area contributed by atoms with Crippen LogP contribution in [-0.4, -0.2) is 48.5 Å². The molecule has 0 fully saturated rings. The summed E-state index contributed by atoms with van der Waals surface area (Å²) in [6.45, 7) is 4.84. The number of carbonyl (C=O) groups is 1. The van der Waals surface area contributed by atoms with Gasteiger partial charge in [0, 0.05) is 31.0 Å². The smallest absolute Gasteiger partial charge is 0.274 e. The quantitative estimate of drug-likeness (QED) is 0.586. The topological polar surface area (TPSA) is 124 Å². The first-order valence-electron chi connectivity index (χ1n) is 9.26. The van der Waals surface area contributed by atoms with Crippen molar-refractivity contribution in [2.24, 2.45) is 10.7 Å². The van der Waals surface area contributed by atoms with Crippen molar-refractivity contribution in [3.05, 3.63) is 59.7 Å². The van der Waals surface area contributed by atoms with Gasteiger partial charge in [-0.3, -0.25) is 23.9 Å². The van der Waals surface area contributed by atoms with Crippen LogP contribution in [0.2, 0.25) is 0 Å². The van der Waals surface area contributed by atoms with Crippen LogP contribution in [-0.2, 0) is 5.54 Å². The SMILES string of the molecule is CN1C[C@@](C)(c2cc(NC(=O)c3ccccn3)ccc2F)N=C(N)C(C)(C)S1(O)O. The van der Waals surface area contributed by atoms with E-state index in [1.807, 2.05) is 0 Å². The zero-order chi connectivity index (χ0) is 22.3. The van der Waals surface area contributed by atoms with E-state index in [2.05, 4.69) is 15.3 Å². The molecule has 1 aliphatic rings. The van der Waals surface area contributed by atoms with Gasteiger partial charge in [0.05, 0.1) is 0 Å². The summed E-state index contributed by atoms with van der Waals surface area (Å²) in [4.78, 5) is 20.9. The van der Waals surface area contributed by atoms with Crippen molar-refractivity contribution < 1.29 is 18.3 Å². The van der Waals surface area contributed by atoms with Crippen molar-refractivity contribution in [2.75, 3.05) is 18.9 Å². The molecule has 0 saturated heterocycles. The van der Waals surface area contributed by atoms with Gasteiger partial charge in [-0.2, -0.15) is 0 Å². The van der Waals surface area contributed by atoms with Gasteiger partial charge in [0.25, 0.3) is 5.91 Å². The molecule has 0 radical (unpaired) electrons. The predicted molar refractivity (Wildman–Crippen MR) is 117 cm³/mol. The van der Waals surface area contributed by atoms with E-state index in [4.69, 9.17) is 5.73 Å². The number of hydrogen-bond donors (Lipinski definition) is 4. The summed E-state index contributed by atoms with van der Waals surface area (Å²) in [5, 5.41) is 2.70. The van der Waals surface area contributed by atoms with Gasteiger partial charge in [-0.1, -0.05) is 6.07 Å². The zero-order valence-corrected chi connectivity index (χ0v) is 18.1. The van der Waals surface area contributed by atoms with E-state index in [1.54, 1.807) is 39.0 Å². The average molecular weight is 436 g/mol. The van der Waals surface area contributed by atoms with Crippen LogP contribution in [0.1, 0.15) is 36.8 Å². The van der Waals surface area contributed by atoms with E-state index in [1.165, 1.54) is 35.7 Å². The van der Waals surface area contributed by atoms with Gasteiger partial charge in [0.15, 0.2) is 0 Å². The second-order valence-corrected chi connectivity index (χ2v) is 10.6. The van der Waals surface area contributed by atoms with E-state index >= 15 is 0 Å². The van der Waals surface area contributed by atoms with Gasteiger partial charge < -0.3 is 11.1 Å². The molecule has 1 amide bonds. The Hall–Kier alpha value is -2.53. The van der Waals surface area contributed by atoms with Crippen molar-refractivity contribution in [1.82, 2.24) is 9.29 Å². The van der Waals surface area contributed by atoms with E-state index < -0.39 is 32.8 Å². The number of likely N-dealkylation sites (N-methyl/N-ethyl adjacent to an activating group) is 1. The molecule has 0 unspecified atom stereocenters. The average Bonchev–Trinajstić information content (AvgIpc) is 2.73. The largest absolute Gasteiger partial charge is 0.386 e. The molecule has 1 aromatic carbocycles. The number of aliphatic imine (C=N–C) groups is 1. The van der Waals surface area contributed by atoms with Crippen molar-refractivity contribution in [2.45, 2.75) is 31.1 Å². The summed E-state index contributed by atoms with van der Waals surface area (Å²) in [5.74, 6) is -0.972. The number of halogens is 1. The van der Waals surface area contributed by atoms with Crippen LogP contribution < -0.4 is 11.1 Å². The second-order valence-electron chi connectivity index (χ2n) is 7.95. The van der Waals surface area contributed by atoms with E-state index in [0.717, 1.165) is 0 Å². The Balaban J connectivity index is 2.01. The molecular formula is C20H26FN5O3S. The number of amides is 1. The first kappa shape index (κ1) is 22.2. The number of nitrogens with one attached hydrogen (secondary N) is 1. The number of nitrogens with zero attached hydrogens (tertiary/aromatic N) is 3. The molecule has 0 bridgehead atoms. The third-order valence-electron chi connectivity index (χ3n) is 5.34. The van der Waals surface area contributed by atoms with E-state index in [9.17, 15) is 18.3 Å². The van der Waals surface area contributed by atoms with E-state index in [0.29, 0.717) is 5.69 Å². The van der Waals surface area contributed by atoms with Crippen LogP contribution >= 0.6 is 10.8 Å². The number of amidine groups is 1. The fraction of sp³-hybridized carbons (Fsp3) is 0.350. The van der Waals surface area contributed by atoms with Gasteiger partial charge in [-0.25, -0.2) is 8.70 Å². The molecule has 30 heavy (non-hydrogen) atoms. The predicted octanol–water partition coefficient (Wildman–Crippen LogP) is 3.44. The number of aromatic nitrogens is 1. The summed E-state index contributed by atoms with van der Waals surface area (Å²) in [5.41, 5.74) is 5.67. The minimum absolute atomic E-state index is 0.00796. The summed E-state index contributed by atoms with van der Waals surface area (Å²) >= 11 is 0. The zero-order valence-electron chi connectivity index (χ0n) is 17.3. The third kappa shape index (κ3) is 3.79. The van der Waals surface area contributed by atoms with Crippen molar-refractivity contribution in [1.29, 1.82) is 0 Å². The minimum Gasteiger partial charge on any atom is -0.386 e. The minimum atomic E-state index is -3.31. The molecule has 1 atom stereocenters. The van der Waals surface area contributed by atoms with Gasteiger partial charge in [-0.15, -0.1) is 10.8 Å². The number of pyridine rings is 1. The van der Waals surface area contributed by atoms with E-state index in [-0.39, 0.29) is 23.6 Å². The molecule has 8 nitrogen and oxygen atoms in total. The van der Waals surface area contributed by atoms with Crippen LogP contribution in [0.15, 0.2) is 47.6 Å². The lowest BCUT2D eigenvalue weighted by atomic mass is 9.91. The molecule has 2 aromatic rings. The number of benzene rings is 1. The number of nitrogens with two attached hydrogens (primary N) is 1. The Morgan fingerprint density at radius 2 is 1.97 bits per heavy atom. The molecule has 0 spiro atoms. The van der Waals surface area contributed by atoms with Gasteiger partial charge >= 0.3 is 0 Å². The lowest BCUT2D eigenvalue weighted by molar-refractivity contribution is 0.102. The number of carbonyl (C=O) groups excluding carboxylic acids is 1. The van der Waals surface area contributed by atoms with Crippen LogP contribution in [0, 0.1) is 5.82 Å². The van der Waals surface area contributed by atoms with Crippen molar-refractivity contribution >= 4 is 28.2 Å². The van der Waals surface area contributed by atoms with Crippen molar-refractivity contribution in [3.8, 4) is 0 Å². The normalized spacial score (nSPS) is 24.4. The molecule has 0 saturated carbocycles. The Labute approximate surface area is 176 Å². The molecule has 0 aliphatic carbocycles. The second kappa shape index (κ2) is 7.62. The lowest BCUT2D eigenvalue weighted by Gasteiger charge is -2.50. The number of rotatable bonds is 3. The number of anilines is 1. The lowest BCUT2D eigenvalue weighted by Crippen LogP contribution is -2.46. The highest BCUT2D eigenvalue weighted by molar-refractivity contribution is 8.24. The first-order valence-corrected chi connectivity index (χ1v) is 10.8.